The van der Waals surface area contributed by atoms with Gasteiger partial charge in [-0.2, -0.15) is 0 Å². The highest BCUT2D eigenvalue weighted by molar-refractivity contribution is 7.80. The molecular formula is C28H25N5O5S. The number of nitro benzene ring substituents is 1. The van der Waals surface area contributed by atoms with Crippen molar-refractivity contribution >= 4 is 62.9 Å². The van der Waals surface area contributed by atoms with Gasteiger partial charge in [-0.3, -0.25) is 25.0 Å². The maximum atomic E-state index is 12.8. The number of hydrogen-bond donors (Lipinski definition) is 3. The fraction of sp³-hybridized carbons (Fsp3) is 0.179. The molecule has 0 spiro atoms. The lowest BCUT2D eigenvalue weighted by molar-refractivity contribution is -0.384. The van der Waals surface area contributed by atoms with Crippen molar-refractivity contribution in [2.75, 3.05) is 28.6 Å². The number of furan rings is 1. The maximum Gasteiger partial charge on any atom is 0.293 e. The Balaban J connectivity index is 1.22. The Morgan fingerprint density at radius 2 is 1.74 bits per heavy atom. The van der Waals surface area contributed by atoms with E-state index in [1.54, 1.807) is 42.5 Å². The third-order valence-electron chi connectivity index (χ3n) is 6.49. The van der Waals surface area contributed by atoms with E-state index in [1.165, 1.54) is 6.07 Å². The van der Waals surface area contributed by atoms with Crippen LogP contribution in [-0.2, 0) is 0 Å². The van der Waals surface area contributed by atoms with Crippen molar-refractivity contribution in [1.29, 1.82) is 0 Å². The molecule has 10 nitrogen and oxygen atoms in total. The first kappa shape index (κ1) is 25.9. The van der Waals surface area contributed by atoms with Crippen LogP contribution in [0.5, 0.6) is 0 Å². The van der Waals surface area contributed by atoms with Crippen molar-refractivity contribution in [3.63, 3.8) is 0 Å². The molecule has 1 aliphatic heterocycles. The number of para-hydroxylation sites is 1. The number of carbonyl (C=O) groups excluding carboxylic acids is 2. The molecule has 3 aromatic carbocycles. The molecule has 0 radical (unpaired) electrons. The molecule has 1 aliphatic rings. The van der Waals surface area contributed by atoms with Gasteiger partial charge >= 0.3 is 0 Å². The summed E-state index contributed by atoms with van der Waals surface area (Å²) in [6.45, 7) is 3.33. The van der Waals surface area contributed by atoms with Crippen molar-refractivity contribution in [2.45, 2.75) is 19.8 Å². The highest BCUT2D eigenvalue weighted by Crippen LogP contribution is 2.31. The number of amides is 2. The predicted octanol–water partition coefficient (Wildman–Crippen LogP) is 5.63. The van der Waals surface area contributed by atoms with Crippen LogP contribution in [0.1, 0.15) is 39.3 Å². The lowest BCUT2D eigenvalue weighted by Gasteiger charge is -2.18. The first-order valence-corrected chi connectivity index (χ1v) is 12.8. The predicted molar refractivity (Wildman–Crippen MR) is 154 cm³/mol. The topological polar surface area (TPSA) is 130 Å². The van der Waals surface area contributed by atoms with Gasteiger partial charge in [0.2, 0.25) is 0 Å². The number of benzene rings is 3. The smallest absolute Gasteiger partial charge is 0.293 e. The molecule has 0 saturated carbocycles. The standard InChI is InChI=1S/C28H25N5O5S/c1-17-14-20(9-10-21(17)30-27(35)25-16-18-6-2-3-7-24(18)38-25)29-28(39)31-26(34)19-8-11-22(23(15-19)33(36)37)32-12-4-5-13-32/h2-3,6-11,14-16H,4-5,12-13H2,1H3,(H,30,35)(H2,29,31,34,39). The summed E-state index contributed by atoms with van der Waals surface area (Å²) in [4.78, 5) is 38.6. The SMILES string of the molecule is Cc1cc(NC(=S)NC(=O)c2ccc(N3CCCC3)c([N+](=O)[O-])c2)ccc1NC(=O)c1cc2ccccc2o1. The highest BCUT2D eigenvalue weighted by Gasteiger charge is 2.24. The van der Waals surface area contributed by atoms with Crippen LogP contribution in [0.15, 0.2) is 71.1 Å². The number of rotatable bonds is 6. The second-order valence-corrected chi connectivity index (χ2v) is 9.60. The van der Waals surface area contributed by atoms with Crippen LogP contribution in [0.25, 0.3) is 11.0 Å². The van der Waals surface area contributed by atoms with E-state index in [0.717, 1.165) is 36.9 Å². The van der Waals surface area contributed by atoms with Gasteiger partial charge in [-0.05, 0) is 80.0 Å². The molecule has 1 fully saturated rings. The lowest BCUT2D eigenvalue weighted by atomic mass is 10.1. The summed E-state index contributed by atoms with van der Waals surface area (Å²) >= 11 is 5.28. The third kappa shape index (κ3) is 5.73. The summed E-state index contributed by atoms with van der Waals surface area (Å²) in [6, 6.07) is 18.7. The maximum absolute atomic E-state index is 12.8. The van der Waals surface area contributed by atoms with Gasteiger partial charge in [0.15, 0.2) is 10.9 Å². The van der Waals surface area contributed by atoms with E-state index in [-0.39, 0.29) is 28.0 Å². The second kappa shape index (κ2) is 10.9. The zero-order valence-electron chi connectivity index (χ0n) is 21.0. The van der Waals surface area contributed by atoms with Gasteiger partial charge in [-0.1, -0.05) is 18.2 Å². The van der Waals surface area contributed by atoms with Gasteiger partial charge in [-0.25, -0.2) is 0 Å². The Kier molecular flexibility index (Phi) is 7.24. The molecule has 0 unspecified atom stereocenters. The number of thiocarbonyl (C=S) groups is 1. The van der Waals surface area contributed by atoms with Crippen LogP contribution in [-0.4, -0.2) is 34.9 Å². The summed E-state index contributed by atoms with van der Waals surface area (Å²) in [5.74, 6) is -0.729. The van der Waals surface area contributed by atoms with Crippen LogP contribution in [0.4, 0.5) is 22.7 Å². The van der Waals surface area contributed by atoms with Crippen LogP contribution in [0.2, 0.25) is 0 Å². The summed E-state index contributed by atoms with van der Waals surface area (Å²) < 4.78 is 5.62. The molecule has 2 heterocycles. The molecule has 0 atom stereocenters. The Morgan fingerprint density at radius 1 is 0.974 bits per heavy atom. The quantitative estimate of drug-likeness (QED) is 0.162. The highest BCUT2D eigenvalue weighted by atomic mass is 32.1. The number of anilines is 3. The normalized spacial score (nSPS) is 12.8. The lowest BCUT2D eigenvalue weighted by Crippen LogP contribution is -2.34. The molecular weight excluding hydrogens is 518 g/mol. The molecule has 39 heavy (non-hydrogen) atoms. The van der Waals surface area contributed by atoms with Crippen LogP contribution >= 0.6 is 12.2 Å². The zero-order chi connectivity index (χ0) is 27.5. The van der Waals surface area contributed by atoms with Crippen molar-refractivity contribution in [3.05, 3.63) is 93.7 Å². The van der Waals surface area contributed by atoms with E-state index in [1.807, 2.05) is 30.0 Å². The molecule has 3 N–H and O–H groups in total. The molecule has 5 rings (SSSR count). The number of hydrogen-bond acceptors (Lipinski definition) is 7. The van der Waals surface area contributed by atoms with Crippen molar-refractivity contribution in [2.24, 2.45) is 0 Å². The van der Waals surface area contributed by atoms with E-state index in [2.05, 4.69) is 16.0 Å². The minimum Gasteiger partial charge on any atom is -0.451 e. The van der Waals surface area contributed by atoms with Crippen LogP contribution < -0.4 is 20.9 Å². The van der Waals surface area contributed by atoms with Gasteiger partial charge < -0.3 is 20.0 Å². The molecule has 198 valence electrons. The average molecular weight is 544 g/mol. The van der Waals surface area contributed by atoms with E-state index < -0.39 is 10.8 Å². The molecule has 1 aromatic heterocycles. The number of aryl methyl sites for hydroxylation is 1. The number of nitrogens with one attached hydrogen (secondary N) is 3. The Hall–Kier alpha value is -4.77. The summed E-state index contributed by atoms with van der Waals surface area (Å²) in [5, 5.41) is 20.8. The fourth-order valence-corrected chi connectivity index (χ4v) is 4.74. The average Bonchev–Trinajstić information content (AvgIpc) is 3.60. The number of nitrogens with zero attached hydrogens (tertiary/aromatic N) is 2. The van der Waals surface area contributed by atoms with E-state index in [4.69, 9.17) is 16.6 Å². The van der Waals surface area contributed by atoms with Gasteiger partial charge in [-0.15, -0.1) is 0 Å². The fourth-order valence-electron chi connectivity index (χ4n) is 4.53. The molecule has 0 bridgehead atoms. The van der Waals surface area contributed by atoms with Gasteiger partial charge in [0.05, 0.1) is 4.92 Å². The molecule has 11 heteroatoms. The monoisotopic (exact) mass is 543 g/mol. The van der Waals surface area contributed by atoms with Crippen molar-refractivity contribution in [3.8, 4) is 0 Å². The first-order valence-electron chi connectivity index (χ1n) is 12.3. The molecule has 4 aromatic rings. The number of carbonyl (C=O) groups is 2. The second-order valence-electron chi connectivity index (χ2n) is 9.20. The third-order valence-corrected chi connectivity index (χ3v) is 6.69. The number of nitro groups is 1. The summed E-state index contributed by atoms with van der Waals surface area (Å²) in [7, 11) is 0. The van der Waals surface area contributed by atoms with E-state index in [9.17, 15) is 19.7 Å². The van der Waals surface area contributed by atoms with Gasteiger partial charge in [0.25, 0.3) is 17.5 Å². The molecule has 1 saturated heterocycles. The van der Waals surface area contributed by atoms with E-state index >= 15 is 0 Å². The largest absolute Gasteiger partial charge is 0.451 e. The minimum atomic E-state index is -0.560. The minimum absolute atomic E-state index is 0.0322. The molecule has 2 amide bonds. The summed E-state index contributed by atoms with van der Waals surface area (Å²) in [5.41, 5.74) is 3.10. The Morgan fingerprint density at radius 3 is 2.46 bits per heavy atom. The van der Waals surface area contributed by atoms with Crippen LogP contribution in [0, 0.1) is 17.0 Å². The first-order chi connectivity index (χ1) is 18.8. The Bertz CT molecular complexity index is 1580. The van der Waals surface area contributed by atoms with Crippen molar-refractivity contribution < 1.29 is 18.9 Å². The van der Waals surface area contributed by atoms with E-state index in [0.29, 0.717) is 22.6 Å². The van der Waals surface area contributed by atoms with Gasteiger partial charge in [0, 0.05) is 41.5 Å². The van der Waals surface area contributed by atoms with Crippen molar-refractivity contribution in [1.82, 2.24) is 5.32 Å². The Labute approximate surface area is 229 Å². The van der Waals surface area contributed by atoms with Crippen LogP contribution in [0.3, 0.4) is 0 Å². The summed E-state index contributed by atoms with van der Waals surface area (Å²) in [6.07, 6.45) is 1.96. The zero-order valence-corrected chi connectivity index (χ0v) is 21.8. The number of fused-ring (bicyclic) bond motifs is 1. The van der Waals surface area contributed by atoms with Gasteiger partial charge in [0.1, 0.15) is 11.3 Å². The molecule has 0 aliphatic carbocycles.